The number of nitrogens with zero attached hydrogens (tertiary/aromatic N) is 2. The average molecular weight is 676 g/mol. The summed E-state index contributed by atoms with van der Waals surface area (Å²) < 4.78 is 66.6. The third-order valence-electron chi connectivity index (χ3n) is 5.68. The van der Waals surface area contributed by atoms with Crippen molar-refractivity contribution in [3.63, 3.8) is 0 Å². The Labute approximate surface area is 267 Å². The van der Waals surface area contributed by atoms with Crippen molar-refractivity contribution < 1.29 is 55.6 Å². The molecular formula is C28H41N3O14S. The van der Waals surface area contributed by atoms with Gasteiger partial charge in [-0.1, -0.05) is 18.2 Å². The van der Waals surface area contributed by atoms with Crippen molar-refractivity contribution in [1.82, 2.24) is 0 Å². The molecule has 0 bridgehead atoms. The van der Waals surface area contributed by atoms with Crippen LogP contribution in [0.5, 0.6) is 0 Å². The number of hydrogen-bond acceptors (Lipinski definition) is 15. The van der Waals surface area contributed by atoms with E-state index in [4.69, 9.17) is 37.3 Å². The van der Waals surface area contributed by atoms with Gasteiger partial charge in [0.2, 0.25) is 0 Å². The predicted octanol–water partition coefficient (Wildman–Crippen LogP) is 2.44. The molecule has 0 spiro atoms. The van der Waals surface area contributed by atoms with Crippen LogP contribution >= 0.6 is 0 Å². The number of nitrogens with one attached hydrogen (secondary N) is 1. The minimum Gasteiger partial charge on any atom is -0.377 e. The quantitative estimate of drug-likeness (QED) is 0.0569. The van der Waals surface area contributed by atoms with Gasteiger partial charge in [0.1, 0.15) is 5.69 Å². The Hall–Kier alpha value is -3.33. The molecule has 2 aromatic carbocycles. The van der Waals surface area contributed by atoms with Gasteiger partial charge in [-0.25, -0.2) is 0 Å². The fraction of sp³-hybridized carbons (Fsp3) is 0.571. The minimum absolute atomic E-state index is 0.0791. The maximum atomic E-state index is 12.0. The third-order valence-corrected chi connectivity index (χ3v) is 7.01. The normalized spacial score (nSPS) is 11.5. The third kappa shape index (κ3) is 17.4. The second kappa shape index (κ2) is 23.9. The molecular weight excluding hydrogens is 634 g/mol. The molecule has 0 aliphatic rings. The molecule has 0 saturated heterocycles. The van der Waals surface area contributed by atoms with Crippen molar-refractivity contribution in [2.45, 2.75) is 4.90 Å². The summed E-state index contributed by atoms with van der Waals surface area (Å²) in [5.41, 5.74) is -0.552. The standard InChI is InChI=1S/C28H41N3O14S/c32-30(33)25-6-7-27(28(24-25)31(34)35)29-8-9-38-10-11-39-12-13-40-14-15-41-16-17-42-18-19-43-20-21-44-22-23-45-46(36,37)26-4-2-1-3-5-26/h1-7,24,29H,8-23H2. The molecule has 0 heterocycles. The maximum absolute atomic E-state index is 12.0. The highest BCUT2D eigenvalue weighted by Crippen LogP contribution is 2.28. The van der Waals surface area contributed by atoms with Crippen LogP contribution in [0.25, 0.3) is 0 Å². The van der Waals surface area contributed by atoms with E-state index in [0.717, 1.165) is 6.07 Å². The summed E-state index contributed by atoms with van der Waals surface area (Å²) in [7, 11) is -3.78. The summed E-state index contributed by atoms with van der Waals surface area (Å²) >= 11 is 0. The van der Waals surface area contributed by atoms with E-state index < -0.39 is 20.0 Å². The Morgan fingerprint density at radius 2 is 1.00 bits per heavy atom. The van der Waals surface area contributed by atoms with E-state index in [1.54, 1.807) is 18.2 Å². The van der Waals surface area contributed by atoms with Gasteiger partial charge in [0.15, 0.2) is 0 Å². The van der Waals surface area contributed by atoms with Crippen molar-refractivity contribution in [1.29, 1.82) is 0 Å². The first-order valence-corrected chi connectivity index (χ1v) is 15.9. The highest BCUT2D eigenvalue weighted by atomic mass is 32.2. The molecule has 0 aliphatic carbocycles. The van der Waals surface area contributed by atoms with Crippen LogP contribution in [-0.2, 0) is 47.5 Å². The molecule has 46 heavy (non-hydrogen) atoms. The van der Waals surface area contributed by atoms with Crippen LogP contribution in [0.3, 0.4) is 0 Å². The number of nitro groups is 2. The zero-order chi connectivity index (χ0) is 33.3. The lowest BCUT2D eigenvalue weighted by Crippen LogP contribution is -2.16. The molecule has 0 fully saturated rings. The SMILES string of the molecule is O=[N+]([O-])c1ccc(NCCOCCOCCOCCOCCOCCOCCOCCOS(=O)(=O)c2ccccc2)c([N+](=O)[O-])c1. The summed E-state index contributed by atoms with van der Waals surface area (Å²) in [5.74, 6) is 0. The summed E-state index contributed by atoms with van der Waals surface area (Å²) in [5, 5.41) is 24.8. The smallest absolute Gasteiger partial charge is 0.299 e. The lowest BCUT2D eigenvalue weighted by atomic mass is 10.2. The Bertz CT molecular complexity index is 1240. The zero-order valence-electron chi connectivity index (χ0n) is 25.5. The average Bonchev–Trinajstić information content (AvgIpc) is 3.05. The number of nitro benzene ring substituents is 2. The Balaban J connectivity index is 1.27. The lowest BCUT2D eigenvalue weighted by molar-refractivity contribution is -0.393. The second-order valence-electron chi connectivity index (χ2n) is 9.02. The van der Waals surface area contributed by atoms with Gasteiger partial charge in [0, 0.05) is 12.6 Å². The van der Waals surface area contributed by atoms with Gasteiger partial charge in [-0.15, -0.1) is 0 Å². The van der Waals surface area contributed by atoms with E-state index in [0.29, 0.717) is 79.3 Å². The van der Waals surface area contributed by atoms with Gasteiger partial charge in [0.05, 0.1) is 120 Å². The molecule has 0 unspecified atom stereocenters. The second-order valence-corrected chi connectivity index (χ2v) is 10.6. The highest BCUT2D eigenvalue weighted by Gasteiger charge is 2.19. The molecule has 1 N–H and O–H groups in total. The van der Waals surface area contributed by atoms with E-state index >= 15 is 0 Å². The summed E-state index contributed by atoms with van der Waals surface area (Å²) in [6, 6.07) is 11.3. The van der Waals surface area contributed by atoms with Crippen LogP contribution < -0.4 is 5.32 Å². The van der Waals surface area contributed by atoms with Gasteiger partial charge < -0.3 is 38.5 Å². The van der Waals surface area contributed by atoms with Crippen LogP contribution in [0.2, 0.25) is 0 Å². The van der Waals surface area contributed by atoms with E-state index in [2.05, 4.69) is 5.32 Å². The van der Waals surface area contributed by atoms with E-state index in [-0.39, 0.29) is 48.3 Å². The number of benzene rings is 2. The van der Waals surface area contributed by atoms with Gasteiger partial charge >= 0.3 is 0 Å². The minimum atomic E-state index is -3.78. The topological polar surface area (TPSA) is 206 Å². The van der Waals surface area contributed by atoms with E-state index in [1.807, 2.05) is 0 Å². The van der Waals surface area contributed by atoms with Crippen LogP contribution in [0.15, 0.2) is 53.4 Å². The molecule has 2 aromatic rings. The first-order chi connectivity index (χ1) is 22.3. The molecule has 0 saturated carbocycles. The van der Waals surface area contributed by atoms with Crippen molar-refractivity contribution in [3.8, 4) is 0 Å². The molecule has 258 valence electrons. The number of non-ortho nitro benzene ring substituents is 1. The molecule has 18 heteroatoms. The van der Waals surface area contributed by atoms with Crippen LogP contribution in [-0.4, -0.2) is 124 Å². The summed E-state index contributed by atoms with van der Waals surface area (Å²) in [4.78, 5) is 20.7. The number of hydrogen-bond donors (Lipinski definition) is 1. The Morgan fingerprint density at radius 3 is 1.43 bits per heavy atom. The fourth-order valence-corrected chi connectivity index (χ4v) is 4.39. The molecule has 0 aliphatic heterocycles. The molecule has 0 atom stereocenters. The largest absolute Gasteiger partial charge is 0.377 e. The van der Waals surface area contributed by atoms with Crippen LogP contribution in [0, 0.1) is 20.2 Å². The van der Waals surface area contributed by atoms with E-state index in [9.17, 15) is 28.6 Å². The summed E-state index contributed by atoms with van der Waals surface area (Å²) in [6.45, 7) is 5.13. The predicted molar refractivity (Wildman–Crippen MR) is 164 cm³/mol. The van der Waals surface area contributed by atoms with Gasteiger partial charge in [-0.2, -0.15) is 8.42 Å². The Morgan fingerprint density at radius 1 is 0.565 bits per heavy atom. The first kappa shape index (κ1) is 38.9. The van der Waals surface area contributed by atoms with Crippen LogP contribution in [0.4, 0.5) is 17.1 Å². The van der Waals surface area contributed by atoms with E-state index in [1.165, 1.54) is 24.3 Å². The van der Waals surface area contributed by atoms with Crippen molar-refractivity contribution in [3.05, 3.63) is 68.8 Å². The van der Waals surface area contributed by atoms with Crippen LogP contribution in [0.1, 0.15) is 0 Å². The van der Waals surface area contributed by atoms with Crippen molar-refractivity contribution >= 4 is 27.2 Å². The number of rotatable bonds is 29. The zero-order valence-corrected chi connectivity index (χ0v) is 26.3. The molecule has 17 nitrogen and oxygen atoms in total. The molecule has 2 rings (SSSR count). The van der Waals surface area contributed by atoms with Crippen molar-refractivity contribution in [2.24, 2.45) is 0 Å². The monoisotopic (exact) mass is 675 g/mol. The fourth-order valence-electron chi connectivity index (χ4n) is 3.47. The van der Waals surface area contributed by atoms with Gasteiger partial charge in [-0.05, 0) is 18.2 Å². The first-order valence-electron chi connectivity index (χ1n) is 14.5. The maximum Gasteiger partial charge on any atom is 0.299 e. The van der Waals surface area contributed by atoms with Gasteiger partial charge in [0.25, 0.3) is 21.5 Å². The van der Waals surface area contributed by atoms with Gasteiger partial charge in [-0.3, -0.25) is 24.4 Å². The Kier molecular flexibility index (Phi) is 20.2. The molecule has 0 aromatic heterocycles. The molecule has 0 amide bonds. The van der Waals surface area contributed by atoms with Crippen molar-refractivity contribution in [2.75, 3.05) is 111 Å². The molecule has 0 radical (unpaired) electrons. The highest BCUT2D eigenvalue weighted by molar-refractivity contribution is 7.86. The number of anilines is 1. The lowest BCUT2D eigenvalue weighted by Gasteiger charge is -2.09. The number of ether oxygens (including phenoxy) is 7. The summed E-state index contributed by atoms with van der Waals surface area (Å²) in [6.07, 6.45) is 0.